The Morgan fingerprint density at radius 2 is 1.90 bits per heavy atom. The van der Waals surface area contributed by atoms with Crippen molar-refractivity contribution < 1.29 is 17.9 Å². The van der Waals surface area contributed by atoms with Crippen LogP contribution in [-0.4, -0.2) is 73.7 Å². The van der Waals surface area contributed by atoms with Gasteiger partial charge >= 0.3 is 6.09 Å². The fourth-order valence-corrected chi connectivity index (χ4v) is 4.34. The first-order valence-corrected chi connectivity index (χ1v) is 11.7. The Bertz CT molecular complexity index is 660. The van der Waals surface area contributed by atoms with Gasteiger partial charge in [0.15, 0.2) is 15.8 Å². The lowest BCUT2D eigenvalue weighted by Crippen LogP contribution is -2.57. The second kappa shape index (κ2) is 11.6. The Morgan fingerprint density at radius 3 is 2.38 bits per heavy atom. The van der Waals surface area contributed by atoms with Crippen molar-refractivity contribution in [1.82, 2.24) is 15.5 Å². The Labute approximate surface area is 193 Å². The van der Waals surface area contributed by atoms with Gasteiger partial charge in [-0.2, -0.15) is 0 Å². The third kappa shape index (κ3) is 9.27. The predicted molar refractivity (Wildman–Crippen MR) is 129 cm³/mol. The third-order valence-corrected chi connectivity index (χ3v) is 7.03. The molecule has 10 heteroatoms. The average molecular weight is 547 g/mol. The molecule has 1 fully saturated rings. The summed E-state index contributed by atoms with van der Waals surface area (Å²) in [6, 6.07) is -0.143. The number of carbonyl (C=O) groups excluding carboxylic acids is 1. The second-order valence-corrected chi connectivity index (χ2v) is 11.6. The van der Waals surface area contributed by atoms with E-state index in [0.717, 1.165) is 12.8 Å². The maximum absolute atomic E-state index is 12.3. The Balaban J connectivity index is 0.00000784. The highest BCUT2D eigenvalue weighted by molar-refractivity contribution is 14.0. The number of nitrogens with zero attached hydrogens (tertiary/aromatic N) is 2. The van der Waals surface area contributed by atoms with Gasteiger partial charge in [0, 0.05) is 19.6 Å². The van der Waals surface area contributed by atoms with Crippen molar-refractivity contribution in [3.05, 3.63) is 0 Å². The van der Waals surface area contributed by atoms with E-state index in [0.29, 0.717) is 32.1 Å². The van der Waals surface area contributed by atoms with E-state index in [4.69, 9.17) is 4.74 Å². The Hall–Kier alpha value is -0.780. The molecule has 1 aliphatic heterocycles. The van der Waals surface area contributed by atoms with E-state index in [1.54, 1.807) is 13.8 Å². The van der Waals surface area contributed by atoms with Crippen molar-refractivity contribution >= 4 is 45.9 Å². The van der Waals surface area contributed by atoms with Gasteiger partial charge in [0.05, 0.1) is 23.1 Å². The molecular formula is C19H39IN4O4S. The fourth-order valence-electron chi connectivity index (χ4n) is 2.98. The molecule has 0 spiro atoms. The van der Waals surface area contributed by atoms with Gasteiger partial charge in [-0.05, 0) is 48.0 Å². The molecule has 0 bridgehead atoms. The first-order valence-electron chi connectivity index (χ1n) is 10.1. The van der Waals surface area contributed by atoms with Crippen LogP contribution in [0.2, 0.25) is 0 Å². The number of alkyl carbamates (subject to hydrolysis) is 1. The molecule has 0 aromatic rings. The summed E-state index contributed by atoms with van der Waals surface area (Å²) in [5.74, 6) is 0.788. The normalized spacial score (nSPS) is 19.7. The first kappa shape index (κ1) is 28.2. The van der Waals surface area contributed by atoms with Gasteiger partial charge in [0.1, 0.15) is 5.60 Å². The lowest BCUT2D eigenvalue weighted by molar-refractivity contribution is 0.0503. The van der Waals surface area contributed by atoms with E-state index >= 15 is 0 Å². The monoisotopic (exact) mass is 546 g/mol. The molecule has 0 aliphatic carbocycles. The van der Waals surface area contributed by atoms with E-state index < -0.39 is 26.3 Å². The van der Waals surface area contributed by atoms with Crippen LogP contribution in [0.3, 0.4) is 0 Å². The zero-order chi connectivity index (χ0) is 21.6. The lowest BCUT2D eigenvalue weighted by atomic mass is 10.1. The van der Waals surface area contributed by atoms with Crippen LogP contribution in [-0.2, 0) is 14.6 Å². The number of sulfone groups is 1. The van der Waals surface area contributed by atoms with E-state index in [-0.39, 0.29) is 35.8 Å². The highest BCUT2D eigenvalue weighted by Crippen LogP contribution is 2.23. The van der Waals surface area contributed by atoms with E-state index in [9.17, 15) is 13.2 Å². The molecule has 1 aliphatic rings. The number of rotatable bonds is 6. The maximum Gasteiger partial charge on any atom is 0.407 e. The highest BCUT2D eigenvalue weighted by Gasteiger charge is 2.41. The number of amides is 1. The van der Waals surface area contributed by atoms with Gasteiger partial charge in [-0.3, -0.25) is 4.99 Å². The average Bonchev–Trinajstić information content (AvgIpc) is 2.52. The molecule has 1 unspecified atom stereocenters. The molecule has 29 heavy (non-hydrogen) atoms. The number of hydrogen-bond donors (Lipinski definition) is 2. The van der Waals surface area contributed by atoms with Crippen molar-refractivity contribution in [2.75, 3.05) is 31.9 Å². The molecule has 2 N–H and O–H groups in total. The van der Waals surface area contributed by atoms with Crippen molar-refractivity contribution in [2.45, 2.75) is 77.7 Å². The summed E-state index contributed by atoms with van der Waals surface area (Å²) in [5, 5.41) is 6.14. The maximum atomic E-state index is 12.3. The summed E-state index contributed by atoms with van der Waals surface area (Å²) >= 11 is 0. The second-order valence-electron chi connectivity index (χ2n) is 8.83. The Morgan fingerprint density at radius 1 is 1.28 bits per heavy atom. The molecular weight excluding hydrogens is 507 g/mol. The van der Waals surface area contributed by atoms with E-state index in [1.165, 1.54) is 0 Å². The standard InChI is InChI=1S/C19H38N4O4S.HI/c1-8-10-15(22-17(24)27-18(3,4)5)13-21-16(20-9-2)23-11-12-28(25,26)19(6,7)14-23;/h15H,8-14H2,1-7H3,(H,20,21)(H,22,24);1H. The van der Waals surface area contributed by atoms with Gasteiger partial charge in [0.25, 0.3) is 0 Å². The lowest BCUT2D eigenvalue weighted by Gasteiger charge is -2.39. The molecule has 1 saturated heterocycles. The van der Waals surface area contributed by atoms with Crippen LogP contribution in [0.1, 0.15) is 61.3 Å². The number of carbonyl (C=O) groups is 1. The summed E-state index contributed by atoms with van der Waals surface area (Å²) in [6.07, 6.45) is 1.24. The zero-order valence-electron chi connectivity index (χ0n) is 18.9. The summed E-state index contributed by atoms with van der Waals surface area (Å²) in [7, 11) is -3.11. The van der Waals surface area contributed by atoms with Gasteiger partial charge in [-0.25, -0.2) is 13.2 Å². The molecule has 0 aromatic heterocycles. The molecule has 1 atom stereocenters. The van der Waals surface area contributed by atoms with Crippen LogP contribution in [0, 0.1) is 0 Å². The molecule has 8 nitrogen and oxygen atoms in total. The quantitative estimate of drug-likeness (QED) is 0.302. The van der Waals surface area contributed by atoms with Crippen LogP contribution in [0.4, 0.5) is 4.79 Å². The van der Waals surface area contributed by atoms with E-state index in [2.05, 4.69) is 22.5 Å². The molecule has 0 radical (unpaired) electrons. The minimum atomic E-state index is -3.11. The topological polar surface area (TPSA) is 100 Å². The minimum Gasteiger partial charge on any atom is -0.444 e. The molecule has 172 valence electrons. The highest BCUT2D eigenvalue weighted by atomic mass is 127. The van der Waals surface area contributed by atoms with Crippen molar-refractivity contribution in [1.29, 1.82) is 0 Å². The SMILES string of the molecule is CCCC(CN=C(NCC)N1CCS(=O)(=O)C(C)(C)C1)NC(=O)OC(C)(C)C.I. The molecule has 1 rings (SSSR count). The largest absolute Gasteiger partial charge is 0.444 e. The van der Waals surface area contributed by atoms with Crippen molar-refractivity contribution in [3.8, 4) is 0 Å². The van der Waals surface area contributed by atoms with Gasteiger partial charge in [-0.15, -0.1) is 24.0 Å². The number of guanidine groups is 1. The molecule has 0 aromatic carbocycles. The number of hydrogen-bond acceptors (Lipinski definition) is 5. The minimum absolute atomic E-state index is 0. The summed E-state index contributed by atoms with van der Waals surface area (Å²) in [5.41, 5.74) is -0.552. The number of ether oxygens (including phenoxy) is 1. The van der Waals surface area contributed by atoms with Crippen molar-refractivity contribution in [3.63, 3.8) is 0 Å². The molecule has 1 amide bonds. The van der Waals surface area contributed by atoms with Crippen molar-refractivity contribution in [2.24, 2.45) is 4.99 Å². The van der Waals surface area contributed by atoms with Gasteiger partial charge in [-0.1, -0.05) is 13.3 Å². The zero-order valence-corrected chi connectivity index (χ0v) is 22.0. The summed E-state index contributed by atoms with van der Waals surface area (Å²) < 4.78 is 29.1. The first-order chi connectivity index (χ1) is 12.8. The van der Waals surface area contributed by atoms with Crippen LogP contribution in [0.15, 0.2) is 4.99 Å². The number of nitrogens with one attached hydrogen (secondary N) is 2. The summed E-state index contributed by atoms with van der Waals surface area (Å²) in [4.78, 5) is 18.8. The predicted octanol–water partition coefficient (Wildman–Crippen LogP) is 2.77. The Kier molecular flexibility index (Phi) is 11.3. The fraction of sp³-hybridized carbons (Fsp3) is 0.895. The van der Waals surface area contributed by atoms with Crippen LogP contribution >= 0.6 is 24.0 Å². The van der Waals surface area contributed by atoms with E-state index in [1.807, 2.05) is 32.6 Å². The summed E-state index contributed by atoms with van der Waals surface area (Å²) in [6.45, 7) is 14.9. The number of aliphatic imine (C=N–C) groups is 1. The van der Waals surface area contributed by atoms with Crippen LogP contribution in [0.5, 0.6) is 0 Å². The molecule has 1 heterocycles. The van der Waals surface area contributed by atoms with Gasteiger partial charge < -0.3 is 20.3 Å². The third-order valence-electron chi connectivity index (χ3n) is 4.50. The smallest absolute Gasteiger partial charge is 0.407 e. The van der Waals surface area contributed by atoms with Gasteiger partial charge in [0.2, 0.25) is 0 Å². The molecule has 0 saturated carbocycles. The van der Waals surface area contributed by atoms with Crippen LogP contribution < -0.4 is 10.6 Å². The number of halogens is 1. The van der Waals surface area contributed by atoms with Crippen LogP contribution in [0.25, 0.3) is 0 Å².